The smallest absolute Gasteiger partial charge is 0.0287 e. The van der Waals surface area contributed by atoms with Gasteiger partial charge < -0.3 is 10.2 Å². The lowest BCUT2D eigenvalue weighted by atomic mass is 9.83. The van der Waals surface area contributed by atoms with Crippen molar-refractivity contribution in [2.45, 2.75) is 51.2 Å². The highest BCUT2D eigenvalue weighted by Crippen LogP contribution is 2.25. The summed E-state index contributed by atoms with van der Waals surface area (Å²) < 4.78 is 0. The third kappa shape index (κ3) is 3.12. The molecule has 1 aliphatic carbocycles. The highest BCUT2D eigenvalue weighted by Gasteiger charge is 2.31. The van der Waals surface area contributed by atoms with Gasteiger partial charge in [0.2, 0.25) is 0 Å². The second-order valence-electron chi connectivity index (χ2n) is 6.71. The maximum atomic E-state index is 3.79. The van der Waals surface area contributed by atoms with Gasteiger partial charge >= 0.3 is 0 Å². The number of fused-ring (bicyclic) bond motifs is 1. The summed E-state index contributed by atoms with van der Waals surface area (Å²) in [6, 6.07) is 9.98. The summed E-state index contributed by atoms with van der Waals surface area (Å²) in [6.45, 7) is 6.75. The molecule has 0 bridgehead atoms. The molecule has 100 valence electrons. The molecule has 0 saturated carbocycles. The second-order valence-corrected chi connectivity index (χ2v) is 6.71. The molecule has 0 unspecified atom stereocenters. The van der Waals surface area contributed by atoms with E-state index in [9.17, 15) is 0 Å². The van der Waals surface area contributed by atoms with Crippen LogP contribution >= 0.6 is 0 Å². The first-order valence-electron chi connectivity index (χ1n) is 6.88. The topological polar surface area (TPSA) is 15.3 Å². The molecule has 1 aliphatic rings. The van der Waals surface area contributed by atoms with Crippen LogP contribution < -0.4 is 5.32 Å². The van der Waals surface area contributed by atoms with E-state index in [4.69, 9.17) is 0 Å². The first-order valence-corrected chi connectivity index (χ1v) is 6.88. The van der Waals surface area contributed by atoms with Crippen LogP contribution in [0.25, 0.3) is 0 Å². The highest BCUT2D eigenvalue weighted by atomic mass is 15.2. The molecule has 0 aromatic heterocycles. The van der Waals surface area contributed by atoms with Gasteiger partial charge in [-0.2, -0.15) is 0 Å². The molecule has 2 heteroatoms. The molecule has 0 radical (unpaired) electrons. The summed E-state index contributed by atoms with van der Waals surface area (Å²) in [4.78, 5) is 2.36. The Bertz CT molecular complexity index is 404. The minimum atomic E-state index is 0.172. The molecule has 0 saturated heterocycles. The molecule has 2 rings (SSSR count). The van der Waals surface area contributed by atoms with Gasteiger partial charge in [0, 0.05) is 17.6 Å². The van der Waals surface area contributed by atoms with E-state index in [1.165, 1.54) is 11.1 Å². The molecule has 2 nitrogen and oxygen atoms in total. The van der Waals surface area contributed by atoms with E-state index in [-0.39, 0.29) is 5.54 Å². The molecule has 1 N–H and O–H groups in total. The second kappa shape index (κ2) is 5.02. The molecule has 0 spiro atoms. The van der Waals surface area contributed by atoms with E-state index >= 15 is 0 Å². The summed E-state index contributed by atoms with van der Waals surface area (Å²) in [7, 11) is 4.38. The van der Waals surface area contributed by atoms with Crippen molar-refractivity contribution in [1.82, 2.24) is 10.2 Å². The number of hydrogen-bond donors (Lipinski definition) is 1. The van der Waals surface area contributed by atoms with Crippen LogP contribution in [-0.2, 0) is 12.8 Å². The van der Waals surface area contributed by atoms with Crippen LogP contribution in [0.4, 0.5) is 0 Å². The van der Waals surface area contributed by atoms with Gasteiger partial charge in [-0.3, -0.25) is 0 Å². The summed E-state index contributed by atoms with van der Waals surface area (Å²) in [5.41, 5.74) is 3.20. The summed E-state index contributed by atoms with van der Waals surface area (Å²) in [5, 5.41) is 3.79. The number of nitrogens with zero attached hydrogens (tertiary/aromatic N) is 1. The van der Waals surface area contributed by atoms with Gasteiger partial charge in [0.05, 0.1) is 0 Å². The van der Waals surface area contributed by atoms with E-state index in [1.807, 2.05) is 0 Å². The number of rotatable bonds is 2. The van der Waals surface area contributed by atoms with Crippen LogP contribution in [-0.4, -0.2) is 36.6 Å². The van der Waals surface area contributed by atoms with E-state index in [2.05, 4.69) is 69.3 Å². The lowest BCUT2D eigenvalue weighted by molar-refractivity contribution is 0.189. The van der Waals surface area contributed by atoms with Crippen molar-refractivity contribution in [2.24, 2.45) is 0 Å². The van der Waals surface area contributed by atoms with Crippen molar-refractivity contribution in [3.8, 4) is 0 Å². The highest BCUT2D eigenvalue weighted by molar-refractivity contribution is 5.32. The summed E-state index contributed by atoms with van der Waals surface area (Å²) in [6.07, 6.45) is 2.28. The molecule has 0 heterocycles. The van der Waals surface area contributed by atoms with Gasteiger partial charge in [0.25, 0.3) is 0 Å². The average Bonchev–Trinajstić information content (AvgIpc) is 2.25. The normalized spacial score (nSPS) is 24.1. The monoisotopic (exact) mass is 246 g/mol. The predicted octanol–water partition coefficient (Wildman–Crippen LogP) is 2.47. The van der Waals surface area contributed by atoms with Gasteiger partial charge in [-0.1, -0.05) is 24.3 Å². The SMILES string of the molecule is CN(C)[C@@H]1Cc2ccccc2C[C@H]1NC(C)(C)C. The van der Waals surface area contributed by atoms with Crippen molar-refractivity contribution in [1.29, 1.82) is 0 Å². The molecular weight excluding hydrogens is 220 g/mol. The fraction of sp³-hybridized carbons (Fsp3) is 0.625. The van der Waals surface area contributed by atoms with Crippen LogP contribution in [0.5, 0.6) is 0 Å². The standard InChI is InChI=1S/C16H26N2/c1-16(2,3)17-14-10-12-8-6-7-9-13(12)11-15(14)18(4)5/h6-9,14-15,17H,10-11H2,1-5H3/t14-,15-/m1/s1. The van der Waals surface area contributed by atoms with Crippen molar-refractivity contribution in [3.63, 3.8) is 0 Å². The van der Waals surface area contributed by atoms with E-state index < -0.39 is 0 Å². The Kier molecular flexibility index (Phi) is 3.79. The van der Waals surface area contributed by atoms with Gasteiger partial charge in [0.15, 0.2) is 0 Å². The Labute approximate surface area is 111 Å². The first kappa shape index (κ1) is 13.6. The van der Waals surface area contributed by atoms with E-state index in [1.54, 1.807) is 0 Å². The molecule has 1 aromatic carbocycles. The fourth-order valence-electron chi connectivity index (χ4n) is 2.94. The third-order valence-corrected chi connectivity index (χ3v) is 3.73. The van der Waals surface area contributed by atoms with E-state index in [0.717, 1.165) is 12.8 Å². The third-order valence-electron chi connectivity index (χ3n) is 3.73. The van der Waals surface area contributed by atoms with Crippen molar-refractivity contribution >= 4 is 0 Å². The molecular formula is C16H26N2. The molecule has 2 atom stereocenters. The van der Waals surface area contributed by atoms with Crippen LogP contribution in [0.2, 0.25) is 0 Å². The first-order chi connectivity index (χ1) is 8.37. The Morgan fingerprint density at radius 1 is 1.06 bits per heavy atom. The number of benzene rings is 1. The minimum Gasteiger partial charge on any atom is -0.307 e. The zero-order valence-corrected chi connectivity index (χ0v) is 12.3. The maximum Gasteiger partial charge on any atom is 0.0287 e. The Morgan fingerprint density at radius 2 is 1.61 bits per heavy atom. The van der Waals surface area contributed by atoms with Crippen molar-refractivity contribution in [3.05, 3.63) is 35.4 Å². The van der Waals surface area contributed by atoms with Gasteiger partial charge in [-0.25, -0.2) is 0 Å². The van der Waals surface area contributed by atoms with Crippen molar-refractivity contribution in [2.75, 3.05) is 14.1 Å². The number of nitrogens with one attached hydrogen (secondary N) is 1. The molecule has 0 fully saturated rings. The maximum absolute atomic E-state index is 3.79. The Balaban J connectivity index is 2.23. The zero-order valence-electron chi connectivity index (χ0n) is 12.3. The molecule has 0 amide bonds. The van der Waals surface area contributed by atoms with E-state index in [0.29, 0.717) is 12.1 Å². The minimum absolute atomic E-state index is 0.172. The Morgan fingerprint density at radius 3 is 2.11 bits per heavy atom. The average molecular weight is 246 g/mol. The van der Waals surface area contributed by atoms with Gasteiger partial charge in [-0.05, 0) is 58.8 Å². The van der Waals surface area contributed by atoms with Crippen LogP contribution in [0, 0.1) is 0 Å². The van der Waals surface area contributed by atoms with Crippen LogP contribution in [0.15, 0.2) is 24.3 Å². The van der Waals surface area contributed by atoms with Crippen molar-refractivity contribution < 1.29 is 0 Å². The van der Waals surface area contributed by atoms with Gasteiger partial charge in [-0.15, -0.1) is 0 Å². The van der Waals surface area contributed by atoms with Gasteiger partial charge in [0.1, 0.15) is 0 Å². The number of hydrogen-bond acceptors (Lipinski definition) is 2. The fourth-order valence-corrected chi connectivity index (χ4v) is 2.94. The summed E-state index contributed by atoms with van der Waals surface area (Å²) in [5.74, 6) is 0. The van der Waals surface area contributed by atoms with Crippen LogP contribution in [0.3, 0.4) is 0 Å². The lowest BCUT2D eigenvalue weighted by Gasteiger charge is -2.41. The molecule has 18 heavy (non-hydrogen) atoms. The lowest BCUT2D eigenvalue weighted by Crippen LogP contribution is -2.57. The quantitative estimate of drug-likeness (QED) is 0.862. The van der Waals surface area contributed by atoms with Crippen LogP contribution in [0.1, 0.15) is 31.9 Å². The molecule has 1 aromatic rings. The zero-order chi connectivity index (χ0) is 13.3. The molecule has 0 aliphatic heterocycles. The summed E-state index contributed by atoms with van der Waals surface area (Å²) >= 11 is 0. The largest absolute Gasteiger partial charge is 0.307 e. The number of likely N-dealkylation sites (N-methyl/N-ethyl adjacent to an activating group) is 1. The predicted molar refractivity (Wildman–Crippen MR) is 78.0 cm³/mol. The Hall–Kier alpha value is -0.860.